The van der Waals surface area contributed by atoms with Gasteiger partial charge in [-0.05, 0) is 24.7 Å². The summed E-state index contributed by atoms with van der Waals surface area (Å²) in [4.78, 5) is 0. The SMILES string of the molecule is OC1(c2c(F)cc(F)cc2F)C2CCCC21. The van der Waals surface area contributed by atoms with Crippen molar-refractivity contribution in [2.75, 3.05) is 0 Å². The van der Waals surface area contributed by atoms with Crippen LogP contribution in [0.25, 0.3) is 0 Å². The maximum atomic E-state index is 13.5. The number of hydrogen-bond acceptors (Lipinski definition) is 1. The van der Waals surface area contributed by atoms with Crippen LogP contribution in [0.4, 0.5) is 13.2 Å². The Labute approximate surface area is 90.9 Å². The zero-order valence-electron chi connectivity index (χ0n) is 8.51. The molecule has 0 saturated heterocycles. The quantitative estimate of drug-likeness (QED) is 0.783. The van der Waals surface area contributed by atoms with Gasteiger partial charge in [0.25, 0.3) is 0 Å². The minimum absolute atomic E-state index is 0.0537. The van der Waals surface area contributed by atoms with Crippen LogP contribution in [0.5, 0.6) is 0 Å². The van der Waals surface area contributed by atoms with Crippen LogP contribution in [-0.4, -0.2) is 5.11 Å². The lowest BCUT2D eigenvalue weighted by molar-refractivity contribution is 0.0965. The Kier molecular flexibility index (Phi) is 1.90. The van der Waals surface area contributed by atoms with Gasteiger partial charge in [-0.1, -0.05) is 6.42 Å². The fraction of sp³-hybridized carbons (Fsp3) is 0.500. The van der Waals surface area contributed by atoms with Crippen molar-refractivity contribution in [3.63, 3.8) is 0 Å². The average Bonchev–Trinajstić information content (AvgIpc) is 2.61. The maximum Gasteiger partial charge on any atom is 0.135 e. The van der Waals surface area contributed by atoms with Gasteiger partial charge in [-0.25, -0.2) is 13.2 Å². The van der Waals surface area contributed by atoms with Crippen molar-refractivity contribution in [1.29, 1.82) is 0 Å². The number of hydrogen-bond donors (Lipinski definition) is 1. The Balaban J connectivity index is 2.08. The Morgan fingerprint density at radius 3 is 2.06 bits per heavy atom. The summed E-state index contributed by atoms with van der Waals surface area (Å²) in [5, 5.41) is 10.2. The van der Waals surface area contributed by atoms with Crippen molar-refractivity contribution >= 4 is 0 Å². The molecule has 2 saturated carbocycles. The lowest BCUT2D eigenvalue weighted by atomic mass is 9.98. The van der Waals surface area contributed by atoms with Crippen LogP contribution >= 0.6 is 0 Å². The molecule has 16 heavy (non-hydrogen) atoms. The predicted octanol–water partition coefficient (Wildman–Crippen LogP) is 2.72. The molecule has 0 amide bonds. The van der Waals surface area contributed by atoms with Gasteiger partial charge >= 0.3 is 0 Å². The van der Waals surface area contributed by atoms with E-state index in [1.54, 1.807) is 0 Å². The molecule has 0 aromatic heterocycles. The molecule has 1 aromatic carbocycles. The molecule has 0 heterocycles. The van der Waals surface area contributed by atoms with Crippen molar-refractivity contribution in [1.82, 2.24) is 0 Å². The van der Waals surface area contributed by atoms with Crippen LogP contribution in [0.1, 0.15) is 24.8 Å². The molecule has 86 valence electrons. The standard InChI is InChI=1S/C12H11F3O/c13-6-4-9(14)11(10(15)5-6)12(16)7-2-1-3-8(7)12/h4-5,7-8,16H,1-3H2. The third kappa shape index (κ3) is 1.11. The zero-order valence-corrected chi connectivity index (χ0v) is 8.51. The van der Waals surface area contributed by atoms with Gasteiger partial charge in [-0.15, -0.1) is 0 Å². The summed E-state index contributed by atoms with van der Waals surface area (Å²) in [5.41, 5.74) is -1.73. The van der Waals surface area contributed by atoms with E-state index in [1.807, 2.05) is 0 Å². The van der Waals surface area contributed by atoms with E-state index in [0.717, 1.165) is 19.3 Å². The van der Waals surface area contributed by atoms with Crippen LogP contribution in [0.2, 0.25) is 0 Å². The molecule has 0 spiro atoms. The molecular weight excluding hydrogens is 217 g/mol. The van der Waals surface area contributed by atoms with E-state index >= 15 is 0 Å². The number of fused-ring (bicyclic) bond motifs is 1. The maximum absolute atomic E-state index is 13.5. The minimum atomic E-state index is -1.39. The smallest absolute Gasteiger partial charge is 0.135 e. The molecule has 2 fully saturated rings. The van der Waals surface area contributed by atoms with Gasteiger partial charge in [-0.2, -0.15) is 0 Å². The second kappa shape index (κ2) is 3.00. The highest BCUT2D eigenvalue weighted by molar-refractivity contribution is 5.36. The summed E-state index contributed by atoms with van der Waals surface area (Å²) in [7, 11) is 0. The monoisotopic (exact) mass is 228 g/mol. The fourth-order valence-corrected chi connectivity index (χ4v) is 3.22. The van der Waals surface area contributed by atoms with E-state index in [-0.39, 0.29) is 17.4 Å². The topological polar surface area (TPSA) is 20.2 Å². The number of halogens is 3. The third-order valence-electron chi connectivity index (χ3n) is 3.94. The van der Waals surface area contributed by atoms with Gasteiger partial charge in [0.1, 0.15) is 23.1 Å². The summed E-state index contributed by atoms with van der Waals surface area (Å²) in [6, 6.07) is 1.26. The van der Waals surface area contributed by atoms with Crippen molar-refractivity contribution in [2.45, 2.75) is 24.9 Å². The molecule has 0 aliphatic heterocycles. The molecule has 1 N–H and O–H groups in total. The first-order chi connectivity index (χ1) is 7.55. The first-order valence-electron chi connectivity index (χ1n) is 5.42. The molecule has 2 unspecified atom stereocenters. The van der Waals surface area contributed by atoms with Crippen LogP contribution in [0, 0.1) is 29.3 Å². The number of rotatable bonds is 1. The molecule has 3 rings (SSSR count). The van der Waals surface area contributed by atoms with Crippen LogP contribution in [-0.2, 0) is 5.60 Å². The zero-order chi connectivity index (χ0) is 11.5. The predicted molar refractivity (Wildman–Crippen MR) is 51.0 cm³/mol. The molecule has 2 aliphatic carbocycles. The van der Waals surface area contributed by atoms with E-state index in [1.165, 1.54) is 0 Å². The Morgan fingerprint density at radius 2 is 1.56 bits per heavy atom. The lowest BCUT2D eigenvalue weighted by Crippen LogP contribution is -2.17. The minimum Gasteiger partial charge on any atom is -0.384 e. The molecule has 0 radical (unpaired) electrons. The molecule has 4 heteroatoms. The Hall–Kier alpha value is -1.03. The largest absolute Gasteiger partial charge is 0.384 e. The van der Waals surface area contributed by atoms with Gasteiger partial charge in [0.05, 0.1) is 5.56 Å². The molecule has 2 atom stereocenters. The summed E-state index contributed by atoms with van der Waals surface area (Å²) in [6.45, 7) is 0. The highest BCUT2D eigenvalue weighted by Crippen LogP contribution is 2.66. The van der Waals surface area contributed by atoms with Gasteiger partial charge in [0, 0.05) is 12.1 Å². The average molecular weight is 228 g/mol. The first-order valence-corrected chi connectivity index (χ1v) is 5.42. The number of aliphatic hydroxyl groups is 1. The molecule has 0 bridgehead atoms. The van der Waals surface area contributed by atoms with E-state index < -0.39 is 23.1 Å². The fourth-order valence-electron chi connectivity index (χ4n) is 3.22. The van der Waals surface area contributed by atoms with Gasteiger partial charge in [0.15, 0.2) is 0 Å². The van der Waals surface area contributed by atoms with E-state index in [4.69, 9.17) is 0 Å². The van der Waals surface area contributed by atoms with Crippen molar-refractivity contribution < 1.29 is 18.3 Å². The van der Waals surface area contributed by atoms with E-state index in [2.05, 4.69) is 0 Å². The van der Waals surface area contributed by atoms with E-state index in [0.29, 0.717) is 12.1 Å². The Bertz CT molecular complexity index is 425. The third-order valence-corrected chi connectivity index (χ3v) is 3.94. The summed E-state index contributed by atoms with van der Waals surface area (Å²) >= 11 is 0. The van der Waals surface area contributed by atoms with Gasteiger partial charge in [0.2, 0.25) is 0 Å². The molecule has 1 aromatic rings. The van der Waals surface area contributed by atoms with Gasteiger partial charge in [-0.3, -0.25) is 0 Å². The summed E-state index contributed by atoms with van der Waals surface area (Å²) in [6.07, 6.45) is 2.57. The van der Waals surface area contributed by atoms with Crippen molar-refractivity contribution in [3.05, 3.63) is 35.1 Å². The molecule has 2 aliphatic rings. The first kappa shape index (κ1) is 10.1. The highest BCUT2D eigenvalue weighted by atomic mass is 19.1. The number of benzene rings is 1. The molecule has 1 nitrogen and oxygen atoms in total. The summed E-state index contributed by atoms with van der Waals surface area (Å²) < 4.78 is 39.8. The van der Waals surface area contributed by atoms with E-state index in [9.17, 15) is 18.3 Å². The van der Waals surface area contributed by atoms with Crippen molar-refractivity contribution in [2.24, 2.45) is 11.8 Å². The second-order valence-electron chi connectivity index (χ2n) is 4.71. The van der Waals surface area contributed by atoms with Crippen molar-refractivity contribution in [3.8, 4) is 0 Å². The lowest BCUT2D eigenvalue weighted by Gasteiger charge is -2.16. The van der Waals surface area contributed by atoms with Gasteiger partial charge < -0.3 is 5.11 Å². The summed E-state index contributed by atoms with van der Waals surface area (Å²) in [5.74, 6) is -3.01. The molecular formula is C12H11F3O. The highest BCUT2D eigenvalue weighted by Gasteiger charge is 2.68. The second-order valence-corrected chi connectivity index (χ2v) is 4.71. The normalized spacial score (nSPS) is 36.2. The Morgan fingerprint density at radius 1 is 1.06 bits per heavy atom. The van der Waals surface area contributed by atoms with Crippen LogP contribution in [0.15, 0.2) is 12.1 Å². The van der Waals surface area contributed by atoms with Crippen LogP contribution < -0.4 is 0 Å². The van der Waals surface area contributed by atoms with Crippen LogP contribution in [0.3, 0.4) is 0 Å².